The third-order valence-electron chi connectivity index (χ3n) is 11.8. The number of alkyl halides is 6. The van der Waals surface area contributed by atoms with E-state index in [0.29, 0.717) is 12.8 Å². The van der Waals surface area contributed by atoms with Gasteiger partial charge in [-0.05, 0) is 97.4 Å². The molecule has 50 heavy (non-hydrogen) atoms. The van der Waals surface area contributed by atoms with E-state index in [1.54, 1.807) is 12.1 Å². The van der Waals surface area contributed by atoms with Crippen molar-refractivity contribution in [1.29, 1.82) is 0 Å². The van der Waals surface area contributed by atoms with Gasteiger partial charge in [0.2, 0.25) is 11.8 Å². The SMILES string of the molecule is O=C(NC1CCN(CCCCC2(C(=O)NCC(F)(F)F)c3ccccc3-c3ccccc32)CC1)[C@@H]1[C@@H]2CC[C@@]1(c1ccc(C(F)(F)F)cc1)C2. The minimum atomic E-state index is -4.52. The molecule has 0 radical (unpaired) electrons. The van der Waals surface area contributed by atoms with Crippen molar-refractivity contribution < 1.29 is 35.9 Å². The number of nitrogens with one attached hydrogen (secondary N) is 2. The first kappa shape index (κ1) is 34.6. The van der Waals surface area contributed by atoms with Crippen LogP contribution in [0.15, 0.2) is 72.8 Å². The van der Waals surface area contributed by atoms with Crippen LogP contribution in [0, 0.1) is 11.8 Å². The van der Waals surface area contributed by atoms with Gasteiger partial charge in [0.1, 0.15) is 12.0 Å². The number of rotatable bonds is 10. The lowest BCUT2D eigenvalue weighted by Gasteiger charge is -2.47. The van der Waals surface area contributed by atoms with E-state index in [2.05, 4.69) is 15.5 Å². The highest BCUT2D eigenvalue weighted by Crippen LogP contribution is 2.64. The maximum absolute atomic E-state index is 13.7. The summed E-state index contributed by atoms with van der Waals surface area (Å²) in [5, 5.41) is 5.46. The summed E-state index contributed by atoms with van der Waals surface area (Å²) >= 11 is 0. The molecular formula is C39H41F6N3O2. The summed E-state index contributed by atoms with van der Waals surface area (Å²) in [5.74, 6) is -0.592. The Bertz CT molecular complexity index is 1680. The molecule has 5 aliphatic rings. The van der Waals surface area contributed by atoms with Gasteiger partial charge < -0.3 is 15.5 Å². The fraction of sp³-hybridized carbons (Fsp3) is 0.487. The van der Waals surface area contributed by atoms with Crippen molar-refractivity contribution in [3.8, 4) is 11.1 Å². The van der Waals surface area contributed by atoms with Crippen LogP contribution in [0.4, 0.5) is 26.3 Å². The first-order valence-corrected chi connectivity index (χ1v) is 17.6. The lowest BCUT2D eigenvalue weighted by atomic mass is 9.56. The zero-order valence-corrected chi connectivity index (χ0v) is 27.7. The highest BCUT2D eigenvalue weighted by atomic mass is 19.4. The van der Waals surface area contributed by atoms with E-state index in [1.165, 1.54) is 0 Å². The van der Waals surface area contributed by atoms with Gasteiger partial charge in [0.15, 0.2) is 0 Å². The molecule has 5 nitrogen and oxygen atoms in total. The van der Waals surface area contributed by atoms with Crippen LogP contribution >= 0.6 is 0 Å². The van der Waals surface area contributed by atoms with Crippen molar-refractivity contribution in [3.63, 3.8) is 0 Å². The number of likely N-dealkylation sites (tertiary alicyclic amines) is 1. The maximum atomic E-state index is 13.7. The Morgan fingerprint density at radius 1 is 0.800 bits per heavy atom. The third kappa shape index (κ3) is 6.20. The minimum absolute atomic E-state index is 0.00308. The van der Waals surface area contributed by atoms with Crippen LogP contribution in [0.25, 0.3) is 11.1 Å². The van der Waals surface area contributed by atoms with Crippen molar-refractivity contribution in [3.05, 3.63) is 95.1 Å². The number of fused-ring (bicyclic) bond motifs is 4. The average molecular weight is 698 g/mol. The number of carbonyl (C=O) groups is 2. The summed E-state index contributed by atoms with van der Waals surface area (Å²) in [6.07, 6.45) is -3.05. The zero-order chi connectivity index (χ0) is 35.3. The van der Waals surface area contributed by atoms with Crippen LogP contribution in [0.2, 0.25) is 0 Å². The van der Waals surface area contributed by atoms with Crippen molar-refractivity contribution in [2.75, 3.05) is 26.2 Å². The lowest BCUT2D eigenvalue weighted by molar-refractivity contribution is -0.141. The molecule has 266 valence electrons. The van der Waals surface area contributed by atoms with Gasteiger partial charge in [-0.2, -0.15) is 26.3 Å². The van der Waals surface area contributed by atoms with Crippen LogP contribution in [0.5, 0.6) is 0 Å². The van der Waals surface area contributed by atoms with Crippen LogP contribution in [0.1, 0.15) is 73.6 Å². The molecular weight excluding hydrogens is 656 g/mol. The molecule has 3 aromatic carbocycles. The van der Waals surface area contributed by atoms with Gasteiger partial charge in [-0.3, -0.25) is 9.59 Å². The summed E-state index contributed by atoms with van der Waals surface area (Å²) in [6.45, 7) is 0.949. The molecule has 1 heterocycles. The van der Waals surface area contributed by atoms with E-state index in [1.807, 2.05) is 48.5 Å². The number of hydrogen-bond donors (Lipinski definition) is 2. The molecule has 8 rings (SSSR count). The second-order valence-corrected chi connectivity index (χ2v) is 14.6. The zero-order valence-electron chi connectivity index (χ0n) is 27.7. The quantitative estimate of drug-likeness (QED) is 0.168. The van der Waals surface area contributed by atoms with Crippen LogP contribution in [-0.4, -0.2) is 55.1 Å². The fourth-order valence-corrected chi connectivity index (χ4v) is 9.47. The second kappa shape index (κ2) is 13.0. The maximum Gasteiger partial charge on any atom is 0.416 e. The predicted molar refractivity (Wildman–Crippen MR) is 177 cm³/mol. The van der Waals surface area contributed by atoms with Gasteiger partial charge in [-0.15, -0.1) is 0 Å². The monoisotopic (exact) mass is 697 g/mol. The van der Waals surface area contributed by atoms with E-state index in [0.717, 1.165) is 98.1 Å². The van der Waals surface area contributed by atoms with Gasteiger partial charge in [0.05, 0.1) is 11.5 Å². The number of nitrogens with zero attached hydrogens (tertiary/aromatic N) is 1. The fourth-order valence-electron chi connectivity index (χ4n) is 9.47. The largest absolute Gasteiger partial charge is 0.416 e. The standard InChI is InChI=1S/C39H41F6N3O2/c40-38(41,42)24-46-35(50)37(31-9-3-1-7-29(31)30-8-2-4-10-32(30)37)18-5-6-20-48-21-16-28(17-22-48)47-34(49)33-25-15-19-36(33,23-25)26-11-13-27(14-12-26)39(43,44)45/h1-4,7-14,25,28,33H,5-6,15-24H2,(H,46,50)(H,47,49)/t25-,33+,36+/m1/s1. The Labute approximate surface area is 287 Å². The van der Waals surface area contributed by atoms with Gasteiger partial charge >= 0.3 is 12.4 Å². The number of piperidine rings is 1. The van der Waals surface area contributed by atoms with E-state index in [4.69, 9.17) is 0 Å². The summed E-state index contributed by atoms with van der Waals surface area (Å²) in [5.41, 5.74) is 1.74. The number of benzene rings is 3. The molecule has 11 heteroatoms. The molecule has 1 aliphatic heterocycles. The Balaban J connectivity index is 0.937. The summed E-state index contributed by atoms with van der Waals surface area (Å²) in [6, 6.07) is 20.3. The number of hydrogen-bond acceptors (Lipinski definition) is 3. The smallest absolute Gasteiger partial charge is 0.353 e. The number of unbranched alkanes of at least 4 members (excludes halogenated alkanes) is 1. The Hall–Kier alpha value is -3.86. The highest BCUT2D eigenvalue weighted by molar-refractivity contribution is 6.00. The third-order valence-corrected chi connectivity index (χ3v) is 11.8. The lowest BCUT2D eigenvalue weighted by Crippen LogP contribution is -2.55. The summed E-state index contributed by atoms with van der Waals surface area (Å²) in [7, 11) is 0. The molecule has 3 atom stereocenters. The van der Waals surface area contributed by atoms with Gasteiger partial charge in [0.25, 0.3) is 0 Å². The van der Waals surface area contributed by atoms with Gasteiger partial charge in [-0.25, -0.2) is 0 Å². The first-order chi connectivity index (χ1) is 23.8. The molecule has 0 unspecified atom stereocenters. The molecule has 2 bridgehead atoms. The van der Waals surface area contributed by atoms with Crippen molar-refractivity contribution in [2.24, 2.45) is 11.8 Å². The van der Waals surface area contributed by atoms with Crippen LogP contribution in [0.3, 0.4) is 0 Å². The van der Waals surface area contributed by atoms with Gasteiger partial charge in [0, 0.05) is 24.5 Å². The predicted octanol–water partition coefficient (Wildman–Crippen LogP) is 7.77. The molecule has 4 aliphatic carbocycles. The number of carbonyl (C=O) groups excluding carboxylic acids is 2. The molecule has 3 saturated carbocycles. The van der Waals surface area contributed by atoms with E-state index >= 15 is 0 Å². The van der Waals surface area contributed by atoms with E-state index < -0.39 is 35.8 Å². The van der Waals surface area contributed by atoms with Crippen LogP contribution in [-0.2, 0) is 26.6 Å². The molecule has 0 spiro atoms. The van der Waals surface area contributed by atoms with E-state index in [9.17, 15) is 35.9 Å². The Kier molecular flexibility index (Phi) is 9.02. The topological polar surface area (TPSA) is 61.4 Å². The molecule has 2 amide bonds. The molecule has 0 aromatic heterocycles. The highest BCUT2D eigenvalue weighted by Gasteiger charge is 2.62. The number of halogens is 6. The van der Waals surface area contributed by atoms with Crippen molar-refractivity contribution in [2.45, 2.75) is 80.6 Å². The summed E-state index contributed by atoms with van der Waals surface area (Å²) in [4.78, 5) is 29.6. The second-order valence-electron chi connectivity index (χ2n) is 14.6. The molecule has 1 saturated heterocycles. The van der Waals surface area contributed by atoms with Crippen LogP contribution < -0.4 is 10.6 Å². The summed E-state index contributed by atoms with van der Waals surface area (Å²) < 4.78 is 79.0. The van der Waals surface area contributed by atoms with E-state index in [-0.39, 0.29) is 29.2 Å². The van der Waals surface area contributed by atoms with Crippen molar-refractivity contribution >= 4 is 11.8 Å². The van der Waals surface area contributed by atoms with Crippen molar-refractivity contribution in [1.82, 2.24) is 15.5 Å². The average Bonchev–Trinajstić information content (AvgIpc) is 3.77. The van der Waals surface area contributed by atoms with Gasteiger partial charge in [-0.1, -0.05) is 67.1 Å². The normalized spacial score (nSPS) is 24.3. The Morgan fingerprint density at radius 2 is 1.42 bits per heavy atom. The number of amides is 2. The Morgan fingerprint density at radius 3 is 2.00 bits per heavy atom. The molecule has 2 N–H and O–H groups in total. The molecule has 4 fully saturated rings. The molecule has 3 aromatic rings. The minimum Gasteiger partial charge on any atom is -0.353 e. The first-order valence-electron chi connectivity index (χ1n) is 17.6.